The molecule has 1 atom stereocenters. The zero-order valence-electron chi connectivity index (χ0n) is 11.0. The molecule has 0 fully saturated rings. The molecule has 0 radical (unpaired) electrons. The van der Waals surface area contributed by atoms with Crippen molar-refractivity contribution in [2.75, 3.05) is 0 Å². The maximum atomic E-state index is 13.8. The largest absolute Gasteiger partial charge is 0.486 e. The highest BCUT2D eigenvalue weighted by molar-refractivity contribution is 5.37. The van der Waals surface area contributed by atoms with Crippen LogP contribution in [0.4, 0.5) is 4.39 Å². The molecule has 2 aromatic carbocycles. The van der Waals surface area contributed by atoms with Crippen LogP contribution < -0.4 is 4.74 Å². The number of aliphatic hydroxyl groups excluding tert-OH is 1. The van der Waals surface area contributed by atoms with E-state index in [-0.39, 0.29) is 12.4 Å². The highest BCUT2D eigenvalue weighted by atomic mass is 19.1. The Kier molecular flexibility index (Phi) is 4.34. The summed E-state index contributed by atoms with van der Waals surface area (Å²) in [6, 6.07) is 13.4. The van der Waals surface area contributed by atoms with Gasteiger partial charge in [-0.3, -0.25) is 0 Å². The molecule has 0 amide bonds. The Hall–Kier alpha value is -2.38. The Morgan fingerprint density at radius 1 is 1.30 bits per heavy atom. The summed E-state index contributed by atoms with van der Waals surface area (Å²) in [5, 5.41) is 18.3. The summed E-state index contributed by atoms with van der Waals surface area (Å²) in [5.41, 5.74) is 1.70. The summed E-state index contributed by atoms with van der Waals surface area (Å²) in [5.74, 6) is -0.431. The molecule has 0 saturated carbocycles. The van der Waals surface area contributed by atoms with Gasteiger partial charge in [-0.1, -0.05) is 24.3 Å². The zero-order chi connectivity index (χ0) is 14.5. The average Bonchev–Trinajstić information content (AvgIpc) is 2.46. The maximum absolute atomic E-state index is 13.8. The lowest BCUT2D eigenvalue weighted by Gasteiger charge is -2.10. The van der Waals surface area contributed by atoms with E-state index in [1.54, 1.807) is 37.3 Å². The van der Waals surface area contributed by atoms with Gasteiger partial charge in [0.1, 0.15) is 6.61 Å². The number of rotatable bonds is 4. The summed E-state index contributed by atoms with van der Waals surface area (Å²) in [6.07, 6.45) is -0.724. The minimum absolute atomic E-state index is 0.0992. The van der Waals surface area contributed by atoms with Gasteiger partial charge in [0.2, 0.25) is 0 Å². The SMILES string of the molecule is C[C@H](O)c1ccc(OCc2ccccc2C#N)c(F)c1. The number of benzene rings is 2. The van der Waals surface area contributed by atoms with E-state index in [1.165, 1.54) is 12.1 Å². The van der Waals surface area contributed by atoms with Crippen LogP contribution >= 0.6 is 0 Å². The molecule has 0 bridgehead atoms. The quantitative estimate of drug-likeness (QED) is 0.928. The van der Waals surface area contributed by atoms with E-state index in [1.807, 2.05) is 0 Å². The molecule has 2 aromatic rings. The molecule has 0 aliphatic heterocycles. The van der Waals surface area contributed by atoms with Gasteiger partial charge in [0.15, 0.2) is 11.6 Å². The summed E-state index contributed by atoms with van der Waals surface area (Å²) >= 11 is 0. The fraction of sp³-hybridized carbons (Fsp3) is 0.188. The van der Waals surface area contributed by atoms with E-state index in [0.29, 0.717) is 16.7 Å². The molecule has 102 valence electrons. The highest BCUT2D eigenvalue weighted by Gasteiger charge is 2.09. The Labute approximate surface area is 116 Å². The van der Waals surface area contributed by atoms with Crippen molar-refractivity contribution in [3.63, 3.8) is 0 Å². The van der Waals surface area contributed by atoms with E-state index < -0.39 is 11.9 Å². The normalized spacial score (nSPS) is 11.7. The molecule has 0 spiro atoms. The van der Waals surface area contributed by atoms with Crippen molar-refractivity contribution in [3.8, 4) is 11.8 Å². The number of nitrogens with zero attached hydrogens (tertiary/aromatic N) is 1. The molecular formula is C16H14FNO2. The number of ether oxygens (including phenoxy) is 1. The lowest BCUT2D eigenvalue weighted by molar-refractivity contribution is 0.198. The first kappa shape index (κ1) is 14.0. The van der Waals surface area contributed by atoms with Crippen LogP contribution in [0.5, 0.6) is 5.75 Å². The molecule has 0 aromatic heterocycles. The van der Waals surface area contributed by atoms with Crippen molar-refractivity contribution < 1.29 is 14.2 Å². The highest BCUT2D eigenvalue weighted by Crippen LogP contribution is 2.23. The molecule has 1 N–H and O–H groups in total. The average molecular weight is 271 g/mol. The van der Waals surface area contributed by atoms with Crippen molar-refractivity contribution >= 4 is 0 Å². The van der Waals surface area contributed by atoms with Crippen molar-refractivity contribution in [1.82, 2.24) is 0 Å². The van der Waals surface area contributed by atoms with E-state index in [2.05, 4.69) is 6.07 Å². The molecule has 4 heteroatoms. The molecule has 2 rings (SSSR count). The first-order valence-corrected chi connectivity index (χ1v) is 6.20. The Bertz CT molecular complexity index is 647. The van der Waals surface area contributed by atoms with E-state index in [4.69, 9.17) is 10.00 Å². The van der Waals surface area contributed by atoms with Gasteiger partial charge in [-0.25, -0.2) is 4.39 Å². The number of nitriles is 1. The minimum atomic E-state index is -0.724. The van der Waals surface area contributed by atoms with Gasteiger partial charge in [-0.05, 0) is 30.7 Å². The first-order valence-electron chi connectivity index (χ1n) is 6.20. The van der Waals surface area contributed by atoms with E-state index in [9.17, 15) is 9.50 Å². The number of hydrogen-bond donors (Lipinski definition) is 1. The monoisotopic (exact) mass is 271 g/mol. The standard InChI is InChI=1S/C16H14FNO2/c1-11(19)12-6-7-16(15(17)8-12)20-10-14-5-3-2-4-13(14)9-18/h2-8,11,19H,10H2,1H3/t11-/m0/s1. The summed E-state index contributed by atoms with van der Waals surface area (Å²) in [4.78, 5) is 0. The molecule has 20 heavy (non-hydrogen) atoms. The third-order valence-electron chi connectivity index (χ3n) is 2.96. The van der Waals surface area contributed by atoms with Crippen LogP contribution in [0.1, 0.15) is 29.7 Å². The van der Waals surface area contributed by atoms with Crippen molar-refractivity contribution in [2.45, 2.75) is 19.6 Å². The van der Waals surface area contributed by atoms with E-state index >= 15 is 0 Å². The summed E-state index contributed by atoms with van der Waals surface area (Å²) in [7, 11) is 0. The minimum Gasteiger partial charge on any atom is -0.486 e. The van der Waals surface area contributed by atoms with Crippen LogP contribution in [-0.4, -0.2) is 5.11 Å². The third kappa shape index (κ3) is 3.14. The third-order valence-corrected chi connectivity index (χ3v) is 2.96. The van der Waals surface area contributed by atoms with Gasteiger partial charge in [-0.2, -0.15) is 5.26 Å². The van der Waals surface area contributed by atoms with Crippen molar-refractivity contribution in [2.24, 2.45) is 0 Å². The van der Waals surface area contributed by atoms with Crippen molar-refractivity contribution in [3.05, 3.63) is 65.0 Å². The van der Waals surface area contributed by atoms with Crippen LogP contribution in [0.2, 0.25) is 0 Å². The number of hydrogen-bond acceptors (Lipinski definition) is 3. The zero-order valence-corrected chi connectivity index (χ0v) is 11.0. The fourth-order valence-electron chi connectivity index (χ4n) is 1.80. The van der Waals surface area contributed by atoms with Crippen LogP contribution in [0.25, 0.3) is 0 Å². The second-order valence-corrected chi connectivity index (χ2v) is 4.42. The molecule has 0 saturated heterocycles. The fourth-order valence-corrected chi connectivity index (χ4v) is 1.80. The summed E-state index contributed by atoms with van der Waals surface area (Å²) in [6.45, 7) is 1.69. The maximum Gasteiger partial charge on any atom is 0.165 e. The van der Waals surface area contributed by atoms with Crippen LogP contribution in [0.15, 0.2) is 42.5 Å². The second kappa shape index (κ2) is 6.18. The lowest BCUT2D eigenvalue weighted by atomic mass is 10.1. The van der Waals surface area contributed by atoms with Gasteiger partial charge < -0.3 is 9.84 Å². The Balaban J connectivity index is 2.14. The van der Waals surface area contributed by atoms with Crippen LogP contribution in [0.3, 0.4) is 0 Å². The molecular weight excluding hydrogens is 257 g/mol. The van der Waals surface area contributed by atoms with Gasteiger partial charge >= 0.3 is 0 Å². The van der Waals surface area contributed by atoms with Crippen LogP contribution in [0, 0.1) is 17.1 Å². The van der Waals surface area contributed by atoms with Crippen molar-refractivity contribution in [1.29, 1.82) is 5.26 Å². The van der Waals surface area contributed by atoms with Gasteiger partial charge in [0.25, 0.3) is 0 Å². The van der Waals surface area contributed by atoms with Gasteiger partial charge in [-0.15, -0.1) is 0 Å². The molecule has 0 aliphatic rings. The van der Waals surface area contributed by atoms with Crippen LogP contribution in [-0.2, 0) is 6.61 Å². The van der Waals surface area contributed by atoms with Gasteiger partial charge in [0.05, 0.1) is 17.7 Å². The summed E-state index contributed by atoms with van der Waals surface area (Å²) < 4.78 is 19.2. The predicted octanol–water partition coefficient (Wildman–Crippen LogP) is 3.33. The Morgan fingerprint density at radius 3 is 2.70 bits per heavy atom. The molecule has 0 unspecified atom stereocenters. The first-order chi connectivity index (χ1) is 9.61. The predicted molar refractivity (Wildman–Crippen MR) is 72.5 cm³/mol. The number of aliphatic hydroxyl groups is 1. The number of halogens is 1. The molecule has 3 nitrogen and oxygen atoms in total. The topological polar surface area (TPSA) is 53.2 Å². The molecule has 0 aliphatic carbocycles. The van der Waals surface area contributed by atoms with E-state index in [0.717, 1.165) is 0 Å². The van der Waals surface area contributed by atoms with Gasteiger partial charge in [0, 0.05) is 5.56 Å². The smallest absolute Gasteiger partial charge is 0.165 e. The second-order valence-electron chi connectivity index (χ2n) is 4.42. The molecule has 0 heterocycles. The lowest BCUT2D eigenvalue weighted by Crippen LogP contribution is -2.01. The Morgan fingerprint density at radius 2 is 2.05 bits per heavy atom.